The number of fused-ring (bicyclic) bond motifs is 1. The largest absolute Gasteiger partial charge is 0.461 e. The van der Waals surface area contributed by atoms with Gasteiger partial charge < -0.3 is 4.42 Å². The molecule has 0 aromatic carbocycles. The molecule has 0 saturated carbocycles. The third-order valence-corrected chi connectivity index (χ3v) is 1.77. The first kappa shape index (κ1) is 7.19. The normalized spacial score (nSPS) is 10.9. The summed E-state index contributed by atoms with van der Waals surface area (Å²) in [4.78, 5) is 11.9. The van der Waals surface area contributed by atoms with E-state index in [1.165, 1.54) is 10.8 Å². The van der Waals surface area contributed by atoms with Crippen LogP contribution in [0.15, 0.2) is 35.5 Å². The third-order valence-electron chi connectivity index (χ3n) is 1.77. The van der Waals surface area contributed by atoms with E-state index in [-0.39, 0.29) is 0 Å². The van der Waals surface area contributed by atoms with Crippen molar-refractivity contribution in [2.75, 3.05) is 0 Å². The summed E-state index contributed by atoms with van der Waals surface area (Å²) in [6.07, 6.45) is 4.55. The van der Waals surface area contributed by atoms with Gasteiger partial charge >= 0.3 is 0 Å². The zero-order valence-electron chi connectivity index (χ0n) is 7.03. The number of nitrogens with zero attached hydrogens (tertiary/aromatic N) is 5. The summed E-state index contributed by atoms with van der Waals surface area (Å²) in [5, 5.41) is 4.14. The summed E-state index contributed by atoms with van der Waals surface area (Å²) in [6.45, 7) is 0. The fourth-order valence-corrected chi connectivity index (χ4v) is 1.17. The van der Waals surface area contributed by atoms with E-state index in [1.807, 2.05) is 0 Å². The molecule has 0 bridgehead atoms. The lowest BCUT2D eigenvalue weighted by atomic mass is 10.4. The molecule has 0 N–H and O–H groups in total. The van der Waals surface area contributed by atoms with E-state index in [2.05, 4.69) is 20.1 Å². The highest BCUT2D eigenvalue weighted by Crippen LogP contribution is 2.14. The molecule has 6 nitrogen and oxygen atoms in total. The molecule has 0 aliphatic carbocycles. The van der Waals surface area contributed by atoms with Gasteiger partial charge in [0.05, 0.1) is 6.26 Å². The Morgan fingerprint density at radius 2 is 2.36 bits per heavy atom. The summed E-state index contributed by atoms with van der Waals surface area (Å²) in [5.41, 5.74) is 0. The van der Waals surface area contributed by atoms with E-state index in [0.29, 0.717) is 17.4 Å². The molecule has 14 heavy (non-hydrogen) atoms. The van der Waals surface area contributed by atoms with Crippen molar-refractivity contribution in [2.45, 2.75) is 0 Å². The van der Waals surface area contributed by atoms with Gasteiger partial charge in [-0.15, -0.1) is 5.10 Å². The Morgan fingerprint density at radius 3 is 3.14 bits per heavy atom. The average molecular weight is 187 g/mol. The molecule has 0 fully saturated rings. The van der Waals surface area contributed by atoms with Crippen LogP contribution in [0.4, 0.5) is 0 Å². The molecule has 0 aliphatic rings. The lowest BCUT2D eigenvalue weighted by Gasteiger charge is -1.83. The summed E-state index contributed by atoms with van der Waals surface area (Å²) in [6, 6.07) is 3.58. The Balaban J connectivity index is 2.24. The van der Waals surface area contributed by atoms with E-state index in [4.69, 9.17) is 4.42 Å². The van der Waals surface area contributed by atoms with Gasteiger partial charge in [-0.25, -0.2) is 4.98 Å². The van der Waals surface area contributed by atoms with Gasteiger partial charge in [0.15, 0.2) is 5.76 Å². The Bertz CT molecular complexity index is 523. The molecule has 0 aliphatic heterocycles. The Kier molecular flexibility index (Phi) is 1.35. The van der Waals surface area contributed by atoms with Gasteiger partial charge in [-0.2, -0.15) is 14.5 Å². The van der Waals surface area contributed by atoms with Crippen LogP contribution >= 0.6 is 0 Å². The summed E-state index contributed by atoms with van der Waals surface area (Å²) in [7, 11) is 0. The second-order valence-electron chi connectivity index (χ2n) is 2.67. The molecule has 0 saturated heterocycles. The van der Waals surface area contributed by atoms with Crippen LogP contribution in [0.3, 0.4) is 0 Å². The first-order valence-electron chi connectivity index (χ1n) is 4.00. The number of hydrogen-bond acceptors (Lipinski definition) is 5. The fourth-order valence-electron chi connectivity index (χ4n) is 1.17. The molecule has 0 amide bonds. The number of furan rings is 1. The van der Waals surface area contributed by atoms with Gasteiger partial charge in [0.1, 0.15) is 12.7 Å². The Labute approximate surface area is 78.2 Å². The van der Waals surface area contributed by atoms with Crippen LogP contribution in [0.25, 0.3) is 17.4 Å². The smallest absolute Gasteiger partial charge is 0.255 e. The van der Waals surface area contributed by atoms with Crippen LogP contribution in [0.2, 0.25) is 0 Å². The second-order valence-corrected chi connectivity index (χ2v) is 2.67. The minimum absolute atomic E-state index is 0.506. The van der Waals surface area contributed by atoms with Gasteiger partial charge in [-0.3, -0.25) is 0 Å². The highest BCUT2D eigenvalue weighted by atomic mass is 16.3. The minimum atomic E-state index is 0.506. The van der Waals surface area contributed by atoms with Crippen LogP contribution in [-0.4, -0.2) is 24.6 Å². The highest BCUT2D eigenvalue weighted by molar-refractivity contribution is 5.48. The van der Waals surface area contributed by atoms with Crippen LogP contribution in [0.5, 0.6) is 0 Å². The highest BCUT2D eigenvalue weighted by Gasteiger charge is 2.08. The van der Waals surface area contributed by atoms with E-state index < -0.39 is 0 Å². The summed E-state index contributed by atoms with van der Waals surface area (Å²) >= 11 is 0. The van der Waals surface area contributed by atoms with E-state index in [1.54, 1.807) is 24.7 Å². The van der Waals surface area contributed by atoms with Crippen molar-refractivity contribution in [1.29, 1.82) is 0 Å². The zero-order chi connectivity index (χ0) is 9.38. The van der Waals surface area contributed by atoms with Crippen LogP contribution in [0, 0.1) is 0 Å². The van der Waals surface area contributed by atoms with Gasteiger partial charge in [0, 0.05) is 0 Å². The molecular weight excluding hydrogens is 182 g/mol. The predicted octanol–water partition coefficient (Wildman–Crippen LogP) is 0.779. The molecule has 3 heterocycles. The van der Waals surface area contributed by atoms with E-state index in [0.717, 1.165) is 0 Å². The van der Waals surface area contributed by atoms with Crippen molar-refractivity contribution < 1.29 is 4.42 Å². The standard InChI is InChI=1S/C8H5N5O/c1-2-6(14-3-1)7-11-8-10-4-9-5-13(8)12-7/h1-5H. The molecule has 3 rings (SSSR count). The Morgan fingerprint density at radius 1 is 1.36 bits per heavy atom. The average Bonchev–Trinajstić information content (AvgIpc) is 2.86. The monoisotopic (exact) mass is 187 g/mol. The van der Waals surface area contributed by atoms with E-state index >= 15 is 0 Å². The van der Waals surface area contributed by atoms with Crippen molar-refractivity contribution in [3.8, 4) is 11.6 Å². The Hall–Kier alpha value is -2.24. The first-order chi connectivity index (χ1) is 6.93. The molecule has 0 unspecified atom stereocenters. The number of aromatic nitrogens is 5. The SMILES string of the molecule is c1coc(-c2nc3ncncn3n2)c1. The van der Waals surface area contributed by atoms with E-state index in [9.17, 15) is 0 Å². The molecule has 0 radical (unpaired) electrons. The van der Waals surface area contributed by atoms with Crippen LogP contribution in [0.1, 0.15) is 0 Å². The van der Waals surface area contributed by atoms with Gasteiger partial charge in [-0.1, -0.05) is 0 Å². The fraction of sp³-hybridized carbons (Fsp3) is 0. The molecular formula is C8H5N5O. The minimum Gasteiger partial charge on any atom is -0.461 e. The summed E-state index contributed by atoms with van der Waals surface area (Å²) in [5.74, 6) is 1.64. The third kappa shape index (κ3) is 0.972. The topological polar surface area (TPSA) is 69.1 Å². The second kappa shape index (κ2) is 2.63. The number of hydrogen-bond donors (Lipinski definition) is 0. The summed E-state index contributed by atoms with van der Waals surface area (Å²) < 4.78 is 6.66. The van der Waals surface area contributed by atoms with Gasteiger partial charge in [0.25, 0.3) is 5.78 Å². The van der Waals surface area contributed by atoms with Gasteiger partial charge in [0.2, 0.25) is 5.82 Å². The molecule has 3 aromatic rings. The van der Waals surface area contributed by atoms with Crippen molar-refractivity contribution in [3.63, 3.8) is 0 Å². The lowest BCUT2D eigenvalue weighted by Crippen LogP contribution is -1.90. The molecule has 6 heteroatoms. The lowest BCUT2D eigenvalue weighted by molar-refractivity contribution is 0.577. The molecule has 68 valence electrons. The van der Waals surface area contributed by atoms with Crippen molar-refractivity contribution in [3.05, 3.63) is 31.1 Å². The number of rotatable bonds is 1. The van der Waals surface area contributed by atoms with Crippen LogP contribution in [-0.2, 0) is 0 Å². The first-order valence-corrected chi connectivity index (χ1v) is 4.00. The molecule has 0 atom stereocenters. The quantitative estimate of drug-likeness (QED) is 0.563. The van der Waals surface area contributed by atoms with Crippen LogP contribution < -0.4 is 0 Å². The van der Waals surface area contributed by atoms with Crippen molar-refractivity contribution in [1.82, 2.24) is 24.6 Å². The van der Waals surface area contributed by atoms with Crippen molar-refractivity contribution in [2.24, 2.45) is 0 Å². The maximum absolute atomic E-state index is 5.16. The van der Waals surface area contributed by atoms with Crippen molar-refractivity contribution >= 4 is 5.78 Å². The maximum atomic E-state index is 5.16. The molecule has 3 aromatic heterocycles. The zero-order valence-corrected chi connectivity index (χ0v) is 7.03. The predicted molar refractivity (Wildman–Crippen MR) is 46.3 cm³/mol. The molecule has 0 spiro atoms. The van der Waals surface area contributed by atoms with Gasteiger partial charge in [-0.05, 0) is 12.1 Å². The maximum Gasteiger partial charge on any atom is 0.255 e.